The molecule has 0 bridgehead atoms. The SMILES string of the molecule is NCC1(c2nncs2)CCOCC1. The molecule has 0 aromatic carbocycles. The van der Waals surface area contributed by atoms with Gasteiger partial charge in [-0.15, -0.1) is 21.5 Å². The molecule has 2 rings (SSSR count). The standard InChI is InChI=1S/C8H13N3OS/c9-5-8(1-3-12-4-2-8)7-11-10-6-13-7/h6H,1-5,9H2. The van der Waals surface area contributed by atoms with E-state index in [1.807, 2.05) is 0 Å². The summed E-state index contributed by atoms with van der Waals surface area (Å²) in [7, 11) is 0. The van der Waals surface area contributed by atoms with Gasteiger partial charge in [-0.25, -0.2) is 0 Å². The lowest BCUT2D eigenvalue weighted by Crippen LogP contribution is -2.40. The molecule has 1 aliphatic rings. The van der Waals surface area contributed by atoms with Crippen molar-refractivity contribution < 1.29 is 4.74 Å². The summed E-state index contributed by atoms with van der Waals surface area (Å²) in [5.41, 5.74) is 7.62. The van der Waals surface area contributed by atoms with Crippen LogP contribution in [-0.4, -0.2) is 30.0 Å². The first-order chi connectivity index (χ1) is 6.37. The van der Waals surface area contributed by atoms with Gasteiger partial charge in [0, 0.05) is 25.2 Å². The van der Waals surface area contributed by atoms with Crippen LogP contribution in [-0.2, 0) is 10.2 Å². The molecule has 0 radical (unpaired) electrons. The number of hydrogen-bond acceptors (Lipinski definition) is 5. The van der Waals surface area contributed by atoms with Crippen molar-refractivity contribution in [2.24, 2.45) is 5.73 Å². The molecule has 1 fully saturated rings. The highest BCUT2D eigenvalue weighted by molar-refractivity contribution is 7.09. The Labute approximate surface area is 81.1 Å². The number of rotatable bonds is 2. The second-order valence-electron chi connectivity index (χ2n) is 3.34. The van der Waals surface area contributed by atoms with Crippen LogP contribution in [0.4, 0.5) is 0 Å². The summed E-state index contributed by atoms with van der Waals surface area (Å²) in [6.07, 6.45) is 1.94. The van der Waals surface area contributed by atoms with Crippen molar-refractivity contribution in [3.05, 3.63) is 10.5 Å². The topological polar surface area (TPSA) is 61.0 Å². The average molecular weight is 199 g/mol. The van der Waals surface area contributed by atoms with E-state index in [0.717, 1.165) is 31.1 Å². The summed E-state index contributed by atoms with van der Waals surface area (Å²) >= 11 is 1.60. The minimum Gasteiger partial charge on any atom is -0.381 e. The highest BCUT2D eigenvalue weighted by Crippen LogP contribution is 2.34. The third-order valence-corrected chi connectivity index (χ3v) is 3.59. The molecule has 1 aliphatic heterocycles. The van der Waals surface area contributed by atoms with Crippen LogP contribution in [0.15, 0.2) is 5.51 Å². The van der Waals surface area contributed by atoms with E-state index in [9.17, 15) is 0 Å². The third-order valence-electron chi connectivity index (χ3n) is 2.65. The van der Waals surface area contributed by atoms with Crippen molar-refractivity contribution >= 4 is 11.3 Å². The van der Waals surface area contributed by atoms with Crippen molar-refractivity contribution in [3.8, 4) is 0 Å². The molecule has 0 amide bonds. The molecule has 1 saturated heterocycles. The van der Waals surface area contributed by atoms with Crippen LogP contribution < -0.4 is 5.73 Å². The zero-order valence-corrected chi connectivity index (χ0v) is 8.22. The van der Waals surface area contributed by atoms with Crippen LogP contribution in [0.25, 0.3) is 0 Å². The Hall–Kier alpha value is -0.520. The van der Waals surface area contributed by atoms with Gasteiger partial charge in [0.1, 0.15) is 10.5 Å². The summed E-state index contributed by atoms with van der Waals surface area (Å²) in [5, 5.41) is 9.05. The zero-order valence-electron chi connectivity index (χ0n) is 7.40. The van der Waals surface area contributed by atoms with Gasteiger partial charge < -0.3 is 10.5 Å². The molecule has 2 heterocycles. The van der Waals surface area contributed by atoms with Crippen LogP contribution >= 0.6 is 11.3 Å². The van der Waals surface area contributed by atoms with Gasteiger partial charge in [0.15, 0.2) is 0 Å². The molecule has 0 unspecified atom stereocenters. The van der Waals surface area contributed by atoms with Crippen LogP contribution in [0.3, 0.4) is 0 Å². The monoisotopic (exact) mass is 199 g/mol. The molecule has 0 atom stereocenters. The molecule has 1 aromatic heterocycles. The molecule has 72 valence electrons. The lowest BCUT2D eigenvalue weighted by molar-refractivity contribution is 0.0526. The Morgan fingerprint density at radius 3 is 2.85 bits per heavy atom. The van der Waals surface area contributed by atoms with Crippen LogP contribution in [0.1, 0.15) is 17.8 Å². The lowest BCUT2D eigenvalue weighted by Gasteiger charge is -2.33. The predicted molar refractivity (Wildman–Crippen MR) is 50.7 cm³/mol. The molecule has 13 heavy (non-hydrogen) atoms. The second kappa shape index (κ2) is 3.69. The van der Waals surface area contributed by atoms with Crippen LogP contribution in [0, 0.1) is 0 Å². The van der Waals surface area contributed by atoms with Gasteiger partial charge in [-0.05, 0) is 12.8 Å². The van der Waals surface area contributed by atoms with E-state index in [2.05, 4.69) is 10.2 Å². The number of nitrogens with zero attached hydrogens (tertiary/aromatic N) is 2. The number of nitrogens with two attached hydrogens (primary N) is 1. The predicted octanol–water partition coefficient (Wildman–Crippen LogP) is 0.545. The van der Waals surface area contributed by atoms with E-state index in [0.29, 0.717) is 6.54 Å². The smallest absolute Gasteiger partial charge is 0.124 e. The maximum atomic E-state index is 5.81. The Bertz CT molecular complexity index is 256. The third kappa shape index (κ3) is 1.59. The van der Waals surface area contributed by atoms with Gasteiger partial charge in [-0.3, -0.25) is 0 Å². The Morgan fingerprint density at radius 1 is 1.54 bits per heavy atom. The lowest BCUT2D eigenvalue weighted by atomic mass is 9.81. The molecule has 4 nitrogen and oxygen atoms in total. The fourth-order valence-corrected chi connectivity index (χ4v) is 2.50. The quantitative estimate of drug-likeness (QED) is 0.755. The minimum atomic E-state index is 0.0411. The highest BCUT2D eigenvalue weighted by Gasteiger charge is 2.35. The van der Waals surface area contributed by atoms with Gasteiger partial charge >= 0.3 is 0 Å². The molecule has 2 N–H and O–H groups in total. The normalized spacial score (nSPS) is 21.6. The van der Waals surface area contributed by atoms with Crippen molar-refractivity contribution in [1.82, 2.24) is 10.2 Å². The highest BCUT2D eigenvalue weighted by atomic mass is 32.1. The zero-order chi connectivity index (χ0) is 9.15. The van der Waals surface area contributed by atoms with E-state index in [1.165, 1.54) is 0 Å². The van der Waals surface area contributed by atoms with Gasteiger partial charge in [-0.2, -0.15) is 0 Å². The van der Waals surface area contributed by atoms with E-state index in [1.54, 1.807) is 16.8 Å². The Balaban J connectivity index is 2.23. The first-order valence-electron chi connectivity index (χ1n) is 4.42. The fraction of sp³-hybridized carbons (Fsp3) is 0.750. The first-order valence-corrected chi connectivity index (χ1v) is 5.30. The molecule has 0 saturated carbocycles. The van der Waals surface area contributed by atoms with Crippen molar-refractivity contribution in [2.75, 3.05) is 19.8 Å². The Kier molecular flexibility index (Phi) is 2.57. The molecule has 0 spiro atoms. The average Bonchev–Trinajstić information content (AvgIpc) is 2.72. The summed E-state index contributed by atoms with van der Waals surface area (Å²) in [6, 6.07) is 0. The van der Waals surface area contributed by atoms with Crippen LogP contribution in [0.5, 0.6) is 0 Å². The molecular formula is C8H13N3OS. The number of ether oxygens (including phenoxy) is 1. The largest absolute Gasteiger partial charge is 0.381 e. The summed E-state index contributed by atoms with van der Waals surface area (Å²) in [6.45, 7) is 2.22. The van der Waals surface area contributed by atoms with Gasteiger partial charge in [-0.1, -0.05) is 0 Å². The summed E-state index contributed by atoms with van der Waals surface area (Å²) in [4.78, 5) is 0. The number of aromatic nitrogens is 2. The van der Waals surface area contributed by atoms with E-state index in [-0.39, 0.29) is 5.41 Å². The fourth-order valence-electron chi connectivity index (χ4n) is 1.67. The van der Waals surface area contributed by atoms with Crippen LogP contribution in [0.2, 0.25) is 0 Å². The van der Waals surface area contributed by atoms with E-state index in [4.69, 9.17) is 10.5 Å². The minimum absolute atomic E-state index is 0.0411. The van der Waals surface area contributed by atoms with Gasteiger partial charge in [0.25, 0.3) is 0 Å². The number of hydrogen-bond donors (Lipinski definition) is 1. The van der Waals surface area contributed by atoms with E-state index >= 15 is 0 Å². The Morgan fingerprint density at radius 2 is 2.31 bits per heavy atom. The van der Waals surface area contributed by atoms with Crippen molar-refractivity contribution in [2.45, 2.75) is 18.3 Å². The van der Waals surface area contributed by atoms with E-state index < -0.39 is 0 Å². The molecule has 0 aliphatic carbocycles. The molecule has 1 aromatic rings. The summed E-state index contributed by atoms with van der Waals surface area (Å²) in [5.74, 6) is 0. The first kappa shape index (κ1) is 9.05. The summed E-state index contributed by atoms with van der Waals surface area (Å²) < 4.78 is 5.33. The van der Waals surface area contributed by atoms with Gasteiger partial charge in [0.05, 0.1) is 0 Å². The van der Waals surface area contributed by atoms with Gasteiger partial charge in [0.2, 0.25) is 0 Å². The maximum Gasteiger partial charge on any atom is 0.124 e. The molecule has 5 heteroatoms. The van der Waals surface area contributed by atoms with Crippen molar-refractivity contribution in [1.29, 1.82) is 0 Å². The molecular weight excluding hydrogens is 186 g/mol. The second-order valence-corrected chi connectivity index (χ2v) is 4.17. The maximum absolute atomic E-state index is 5.81. The van der Waals surface area contributed by atoms with Crippen molar-refractivity contribution in [3.63, 3.8) is 0 Å².